The zero-order valence-electron chi connectivity index (χ0n) is 14.9. The van der Waals surface area contributed by atoms with Crippen LogP contribution in [0.3, 0.4) is 0 Å². The average Bonchev–Trinajstić information content (AvgIpc) is 3.13. The summed E-state index contributed by atoms with van der Waals surface area (Å²) in [4.78, 5) is 12.3. The monoisotopic (exact) mass is 371 g/mol. The van der Waals surface area contributed by atoms with Gasteiger partial charge in [0, 0.05) is 24.1 Å². The molecule has 2 unspecified atom stereocenters. The molecule has 1 aliphatic heterocycles. The number of carbonyl (C=O) groups is 1. The summed E-state index contributed by atoms with van der Waals surface area (Å²) in [5.41, 5.74) is 9.93. The van der Waals surface area contributed by atoms with Gasteiger partial charge < -0.3 is 10.4 Å². The van der Waals surface area contributed by atoms with E-state index < -0.39 is 0 Å². The van der Waals surface area contributed by atoms with Crippen LogP contribution in [0.5, 0.6) is 5.75 Å². The molecule has 2 aromatic rings. The van der Waals surface area contributed by atoms with Gasteiger partial charge >= 0.3 is 0 Å². The van der Waals surface area contributed by atoms with Crippen molar-refractivity contribution in [2.75, 3.05) is 12.3 Å². The summed E-state index contributed by atoms with van der Waals surface area (Å²) in [5.74, 6) is 2.13. The quantitative estimate of drug-likeness (QED) is 0.563. The van der Waals surface area contributed by atoms with Crippen LogP contribution in [0.4, 0.5) is 0 Å². The molecule has 4 N–H and O–H groups in total. The average molecular weight is 372 g/mol. The molecule has 3 rings (SSSR count). The van der Waals surface area contributed by atoms with Crippen LogP contribution in [0.1, 0.15) is 29.2 Å². The van der Waals surface area contributed by atoms with Crippen LogP contribution in [0.2, 0.25) is 0 Å². The Kier molecular flexibility index (Phi) is 6.55. The van der Waals surface area contributed by atoms with Crippen LogP contribution < -0.4 is 16.2 Å². The van der Waals surface area contributed by atoms with Gasteiger partial charge in [-0.3, -0.25) is 4.79 Å². The van der Waals surface area contributed by atoms with Crippen molar-refractivity contribution in [2.45, 2.75) is 31.2 Å². The topological polar surface area (TPSA) is 73.4 Å². The van der Waals surface area contributed by atoms with Gasteiger partial charge in [0.25, 0.3) is 0 Å². The summed E-state index contributed by atoms with van der Waals surface area (Å²) >= 11 is 1.83. The van der Waals surface area contributed by atoms with Crippen LogP contribution in [-0.2, 0) is 10.5 Å². The lowest BCUT2D eigenvalue weighted by Gasteiger charge is -2.11. The summed E-state index contributed by atoms with van der Waals surface area (Å²) in [7, 11) is 0. The van der Waals surface area contributed by atoms with Crippen molar-refractivity contribution in [3.05, 3.63) is 65.2 Å². The number of carbonyl (C=O) groups excluding carboxylic acids is 1. The van der Waals surface area contributed by atoms with Gasteiger partial charge in [0.1, 0.15) is 11.8 Å². The molecule has 0 radical (unpaired) electrons. The molecule has 0 spiro atoms. The minimum Gasteiger partial charge on any atom is -0.508 e. The van der Waals surface area contributed by atoms with E-state index in [9.17, 15) is 9.90 Å². The van der Waals surface area contributed by atoms with E-state index in [4.69, 9.17) is 0 Å². The van der Waals surface area contributed by atoms with Crippen molar-refractivity contribution in [3.8, 4) is 5.75 Å². The number of hydrogen-bond acceptors (Lipinski definition) is 5. The fraction of sp³-hybridized carbons (Fsp3) is 0.350. The number of amides is 1. The number of aryl methyl sites for hydroxylation is 1. The smallest absolute Gasteiger partial charge is 0.238 e. The number of benzene rings is 2. The van der Waals surface area contributed by atoms with Crippen LogP contribution in [-0.4, -0.2) is 29.4 Å². The van der Waals surface area contributed by atoms with Crippen LogP contribution in [0, 0.1) is 6.92 Å². The van der Waals surface area contributed by atoms with Crippen molar-refractivity contribution >= 4 is 17.7 Å². The van der Waals surface area contributed by atoms with Crippen molar-refractivity contribution in [1.82, 2.24) is 16.2 Å². The molecule has 1 aliphatic rings. The second-order valence-corrected chi connectivity index (χ2v) is 7.60. The van der Waals surface area contributed by atoms with E-state index in [-0.39, 0.29) is 23.7 Å². The van der Waals surface area contributed by atoms with Crippen LogP contribution >= 0.6 is 11.8 Å². The highest BCUT2D eigenvalue weighted by Crippen LogP contribution is 2.24. The first-order valence-corrected chi connectivity index (χ1v) is 9.99. The van der Waals surface area contributed by atoms with Crippen LogP contribution in [0.25, 0.3) is 0 Å². The summed E-state index contributed by atoms with van der Waals surface area (Å²) in [6.07, 6.45) is 0.687. The molecule has 26 heavy (non-hydrogen) atoms. The molecule has 2 atom stereocenters. The van der Waals surface area contributed by atoms with Gasteiger partial charge in [-0.1, -0.05) is 36.4 Å². The number of phenols is 1. The van der Waals surface area contributed by atoms with E-state index in [0.29, 0.717) is 13.0 Å². The van der Waals surface area contributed by atoms with Crippen molar-refractivity contribution < 1.29 is 9.90 Å². The third-order valence-corrected chi connectivity index (χ3v) is 5.59. The second-order valence-electron chi connectivity index (χ2n) is 6.49. The molecule has 5 nitrogen and oxygen atoms in total. The zero-order chi connectivity index (χ0) is 18.4. The first-order valence-electron chi connectivity index (χ1n) is 8.83. The number of hydrogen-bond donors (Lipinski definition) is 4. The Labute approximate surface area is 158 Å². The molecule has 138 valence electrons. The minimum atomic E-state index is -0.241. The zero-order valence-corrected chi connectivity index (χ0v) is 15.7. The van der Waals surface area contributed by atoms with E-state index in [1.54, 1.807) is 12.1 Å². The first kappa shape index (κ1) is 18.8. The molecule has 0 bridgehead atoms. The largest absolute Gasteiger partial charge is 0.508 e. The van der Waals surface area contributed by atoms with Gasteiger partial charge in [-0.15, -0.1) is 0 Å². The molecule has 6 heteroatoms. The molecule has 1 fully saturated rings. The molecule has 1 heterocycles. The Morgan fingerprint density at radius 1 is 1.19 bits per heavy atom. The Hall–Kier alpha value is -2.02. The van der Waals surface area contributed by atoms with E-state index in [0.717, 1.165) is 17.1 Å². The van der Waals surface area contributed by atoms with Crippen molar-refractivity contribution in [3.63, 3.8) is 0 Å². The fourth-order valence-electron chi connectivity index (χ4n) is 2.98. The lowest BCUT2D eigenvalue weighted by Crippen LogP contribution is -2.43. The predicted molar refractivity (Wildman–Crippen MR) is 106 cm³/mol. The molecule has 0 saturated carbocycles. The highest BCUT2D eigenvalue weighted by Gasteiger charge is 2.29. The minimum absolute atomic E-state index is 0.0234. The fourth-order valence-corrected chi connectivity index (χ4v) is 3.91. The number of aromatic hydroxyl groups is 1. The van der Waals surface area contributed by atoms with E-state index in [1.165, 1.54) is 11.1 Å². The molecule has 0 aliphatic carbocycles. The predicted octanol–water partition coefficient (Wildman–Crippen LogP) is 2.66. The summed E-state index contributed by atoms with van der Waals surface area (Å²) < 4.78 is 0. The third-order valence-electron chi connectivity index (χ3n) is 4.58. The normalized spacial score (nSPS) is 19.4. The molecule has 2 aromatic carbocycles. The van der Waals surface area contributed by atoms with Crippen LogP contribution in [0.15, 0.2) is 48.5 Å². The number of phenolic OH excluding ortho intramolecular Hbond substituents is 1. The van der Waals surface area contributed by atoms with Gasteiger partial charge in [-0.2, -0.15) is 11.8 Å². The third kappa shape index (κ3) is 5.00. The van der Waals surface area contributed by atoms with Gasteiger partial charge in [-0.05, 0) is 42.2 Å². The molecule has 1 saturated heterocycles. The number of hydrazine groups is 1. The maximum Gasteiger partial charge on any atom is 0.238 e. The Balaban J connectivity index is 1.36. The Morgan fingerprint density at radius 3 is 2.73 bits per heavy atom. The van der Waals surface area contributed by atoms with Gasteiger partial charge in [0.15, 0.2) is 0 Å². The summed E-state index contributed by atoms with van der Waals surface area (Å²) in [5, 5.41) is 12.4. The van der Waals surface area contributed by atoms with E-state index in [1.807, 2.05) is 23.9 Å². The highest BCUT2D eigenvalue weighted by atomic mass is 32.2. The Bertz CT molecular complexity index is 736. The SMILES string of the molecule is Cc1ccccc1CSCCNC(=O)C1CC(c2ccc(O)cc2)NN1. The molecule has 0 aromatic heterocycles. The summed E-state index contributed by atoms with van der Waals surface area (Å²) in [6, 6.07) is 15.3. The Morgan fingerprint density at radius 2 is 1.96 bits per heavy atom. The summed E-state index contributed by atoms with van der Waals surface area (Å²) in [6.45, 7) is 2.79. The number of nitrogens with one attached hydrogen (secondary N) is 3. The first-order chi connectivity index (χ1) is 12.6. The number of thioether (sulfide) groups is 1. The van der Waals surface area contributed by atoms with E-state index in [2.05, 4.69) is 47.4 Å². The maximum atomic E-state index is 12.3. The molecular formula is C20H25N3O2S. The highest BCUT2D eigenvalue weighted by molar-refractivity contribution is 7.98. The van der Waals surface area contributed by atoms with Gasteiger partial charge in [-0.25, -0.2) is 10.9 Å². The van der Waals surface area contributed by atoms with Gasteiger partial charge in [0.2, 0.25) is 5.91 Å². The lowest BCUT2D eigenvalue weighted by molar-refractivity contribution is -0.122. The number of rotatable bonds is 7. The second kappa shape index (κ2) is 9.07. The standard InChI is InChI=1S/C20H25N3O2S/c1-14-4-2-3-5-16(14)13-26-11-10-21-20(25)19-12-18(22-23-19)15-6-8-17(24)9-7-15/h2-9,18-19,22-24H,10-13H2,1H3,(H,21,25). The lowest BCUT2D eigenvalue weighted by atomic mass is 10.0. The molecule has 1 amide bonds. The van der Waals surface area contributed by atoms with E-state index >= 15 is 0 Å². The van der Waals surface area contributed by atoms with Gasteiger partial charge in [0.05, 0.1) is 0 Å². The van der Waals surface area contributed by atoms with Crippen molar-refractivity contribution in [2.24, 2.45) is 0 Å². The maximum absolute atomic E-state index is 12.3. The van der Waals surface area contributed by atoms with Crippen molar-refractivity contribution in [1.29, 1.82) is 0 Å². The molecular weight excluding hydrogens is 346 g/mol.